The average molecular weight is 750 g/mol. The molecule has 0 aromatic carbocycles. The Morgan fingerprint density at radius 1 is 0.200 bits per heavy atom. The first-order valence-corrected chi connectivity index (χ1v) is 9.17. The predicted octanol–water partition coefficient (Wildman–Crippen LogP) is 10.2. The van der Waals surface area contributed by atoms with Crippen LogP contribution in [0, 0.1) is 0 Å². The Hall–Kier alpha value is -2.36. The van der Waals surface area contributed by atoms with Gasteiger partial charge >= 0.3 is 77.5 Å². The Morgan fingerprint density at radius 3 is 0.533 bits per heavy atom. The number of hydrogen-bond acceptors (Lipinski definition) is 0. The largest absolute Gasteiger partial charge is 0.460 e. The Balaban J connectivity index is 7.49. The molecule has 0 amide bonds. The van der Waals surface area contributed by atoms with Gasteiger partial charge in [-0.3, -0.25) is 0 Å². The van der Waals surface area contributed by atoms with Crippen molar-refractivity contribution in [3.8, 4) is 0 Å². The summed E-state index contributed by atoms with van der Waals surface area (Å²) in [6, 6.07) is 0. The molecule has 0 nitrogen and oxygen atoms in total. The summed E-state index contributed by atoms with van der Waals surface area (Å²) >= 11 is 0. The van der Waals surface area contributed by atoms with Crippen molar-refractivity contribution < 1.29 is 132 Å². The van der Waals surface area contributed by atoms with Crippen molar-refractivity contribution in [2.24, 2.45) is 0 Å². The standard InChI is InChI=1S/C15F30/c16-1(2(17)4(20,21)6(24,25)12(36,37)14(40,41)42)3(18,19)5(22,23)7(26,27)8(28,29)9(30,31)10(32,33)11(34,35)13(38,39)15(43,44)45. The van der Waals surface area contributed by atoms with E-state index in [1.165, 1.54) is 0 Å². The van der Waals surface area contributed by atoms with Crippen molar-refractivity contribution in [1.82, 2.24) is 0 Å². The second-order valence-electron chi connectivity index (χ2n) is 7.94. The van der Waals surface area contributed by atoms with E-state index in [1.54, 1.807) is 0 Å². The molecule has 0 spiro atoms. The van der Waals surface area contributed by atoms with Crippen LogP contribution in [0.15, 0.2) is 11.7 Å². The lowest BCUT2D eigenvalue weighted by Gasteiger charge is -2.43. The molecule has 30 heteroatoms. The summed E-state index contributed by atoms with van der Waals surface area (Å²) in [5.41, 5.74) is 0. The van der Waals surface area contributed by atoms with Gasteiger partial charge in [-0.2, -0.15) is 123 Å². The van der Waals surface area contributed by atoms with Gasteiger partial charge in [0.2, 0.25) is 11.7 Å². The lowest BCUT2D eigenvalue weighted by atomic mass is 9.87. The molecule has 0 fully saturated rings. The van der Waals surface area contributed by atoms with Crippen LogP contribution < -0.4 is 0 Å². The van der Waals surface area contributed by atoms with E-state index < -0.39 is 89.2 Å². The highest BCUT2D eigenvalue weighted by Gasteiger charge is 2.97. The van der Waals surface area contributed by atoms with Gasteiger partial charge in [-0.25, -0.2) is 8.78 Å². The molecule has 0 bridgehead atoms. The molecule has 0 atom stereocenters. The van der Waals surface area contributed by atoms with Crippen molar-refractivity contribution >= 4 is 0 Å². The second-order valence-corrected chi connectivity index (χ2v) is 7.94. The first-order valence-electron chi connectivity index (χ1n) is 9.17. The number of hydrogen-bond donors (Lipinski definition) is 0. The molecule has 0 rings (SSSR count). The fraction of sp³-hybridized carbons (Fsp3) is 0.867. The fourth-order valence-corrected chi connectivity index (χ4v) is 2.29. The van der Waals surface area contributed by atoms with Crippen molar-refractivity contribution in [2.75, 3.05) is 0 Å². The van der Waals surface area contributed by atoms with Crippen LogP contribution in [0.25, 0.3) is 0 Å². The Kier molecular flexibility index (Phi) is 9.78. The predicted molar refractivity (Wildman–Crippen MR) is 75.8 cm³/mol. The maximum absolute atomic E-state index is 13.6. The van der Waals surface area contributed by atoms with Gasteiger partial charge in [0.05, 0.1) is 0 Å². The van der Waals surface area contributed by atoms with Crippen molar-refractivity contribution in [2.45, 2.75) is 77.5 Å². The van der Waals surface area contributed by atoms with Crippen molar-refractivity contribution in [1.29, 1.82) is 0 Å². The Bertz CT molecular complexity index is 1120. The maximum Gasteiger partial charge on any atom is 0.460 e. The van der Waals surface area contributed by atoms with Crippen LogP contribution >= 0.6 is 0 Å². The zero-order chi connectivity index (χ0) is 37.7. The van der Waals surface area contributed by atoms with Gasteiger partial charge in [-0.15, -0.1) is 0 Å². The molecule has 0 aliphatic heterocycles. The minimum Gasteiger partial charge on any atom is -0.202 e. The molecule has 0 aromatic rings. The summed E-state index contributed by atoms with van der Waals surface area (Å²) in [4.78, 5) is 0. The van der Waals surface area contributed by atoms with E-state index in [0.717, 1.165) is 0 Å². The highest BCUT2D eigenvalue weighted by molar-refractivity contribution is 5.27. The first-order chi connectivity index (χ1) is 18.8. The lowest BCUT2D eigenvalue weighted by Crippen LogP contribution is -2.75. The van der Waals surface area contributed by atoms with Crippen LogP contribution in [0.3, 0.4) is 0 Å². The van der Waals surface area contributed by atoms with E-state index in [4.69, 9.17) is 0 Å². The van der Waals surface area contributed by atoms with E-state index >= 15 is 0 Å². The van der Waals surface area contributed by atoms with Gasteiger partial charge in [0.25, 0.3) is 0 Å². The highest BCUT2D eigenvalue weighted by Crippen LogP contribution is 2.66. The summed E-state index contributed by atoms with van der Waals surface area (Å²) in [7, 11) is 0. The van der Waals surface area contributed by atoms with Gasteiger partial charge in [0, 0.05) is 0 Å². The second kappa shape index (κ2) is 10.3. The monoisotopic (exact) mass is 750 g/mol. The molecule has 0 unspecified atom stereocenters. The van der Waals surface area contributed by atoms with E-state index in [2.05, 4.69) is 0 Å². The van der Waals surface area contributed by atoms with Crippen LogP contribution in [0.5, 0.6) is 0 Å². The van der Waals surface area contributed by atoms with Crippen LogP contribution in [-0.4, -0.2) is 77.5 Å². The molecule has 0 saturated carbocycles. The minimum atomic E-state index is -9.71. The van der Waals surface area contributed by atoms with Gasteiger partial charge in [-0.1, -0.05) is 0 Å². The minimum absolute atomic E-state index is 6.16. The first kappa shape index (κ1) is 42.6. The summed E-state index contributed by atoms with van der Waals surface area (Å²) in [6.45, 7) is 0. The third-order valence-electron chi connectivity index (χ3n) is 5.01. The number of alkyl halides is 28. The average Bonchev–Trinajstić information content (AvgIpc) is 2.80. The van der Waals surface area contributed by atoms with Gasteiger partial charge in [-0.05, 0) is 0 Å². The summed E-state index contributed by atoms with van der Waals surface area (Å²) in [5, 5.41) is 0. The van der Waals surface area contributed by atoms with Crippen LogP contribution in [0.2, 0.25) is 0 Å². The molecule has 0 aliphatic rings. The van der Waals surface area contributed by atoms with Crippen LogP contribution in [0.1, 0.15) is 0 Å². The molecule has 0 heterocycles. The number of halogens is 30. The van der Waals surface area contributed by atoms with Crippen LogP contribution in [-0.2, 0) is 0 Å². The zero-order valence-corrected chi connectivity index (χ0v) is 18.8. The smallest absolute Gasteiger partial charge is 0.202 e. The van der Waals surface area contributed by atoms with Crippen molar-refractivity contribution in [3.63, 3.8) is 0 Å². The lowest BCUT2D eigenvalue weighted by molar-refractivity contribution is -0.467. The van der Waals surface area contributed by atoms with E-state index in [0.29, 0.717) is 0 Å². The number of allylic oxidation sites excluding steroid dienone is 2. The maximum atomic E-state index is 13.6. The fourth-order valence-electron chi connectivity index (χ4n) is 2.29. The molecule has 0 radical (unpaired) electrons. The Morgan fingerprint density at radius 2 is 0.333 bits per heavy atom. The SMILES string of the molecule is FC(=C(F)C(F)(F)C(F)(F)C(F)(F)C(F)(F)C(F)(F)C(F)(F)C(F)(F)C(F)(F)C(F)(F)F)C(F)(F)C(F)(F)C(F)(F)C(F)(F)F. The highest BCUT2D eigenvalue weighted by atomic mass is 19.4. The van der Waals surface area contributed by atoms with E-state index in [-0.39, 0.29) is 0 Å². The molecule has 0 aromatic heterocycles. The summed E-state index contributed by atoms with van der Waals surface area (Å²) in [6.07, 6.45) is -16.3. The van der Waals surface area contributed by atoms with E-state index in [9.17, 15) is 132 Å². The molecule has 0 saturated heterocycles. The molecule has 0 N–H and O–H groups in total. The molecular formula is C15F30. The molecule has 0 aliphatic carbocycles. The van der Waals surface area contributed by atoms with Crippen LogP contribution in [0.4, 0.5) is 132 Å². The molecular weight excluding hydrogens is 750 g/mol. The quantitative estimate of drug-likeness (QED) is 0.185. The summed E-state index contributed by atoms with van der Waals surface area (Å²) < 4.78 is 389. The zero-order valence-electron chi connectivity index (χ0n) is 18.8. The topological polar surface area (TPSA) is 0 Å². The third kappa shape index (κ3) is 5.16. The van der Waals surface area contributed by atoms with Gasteiger partial charge in [0.1, 0.15) is 0 Å². The third-order valence-corrected chi connectivity index (χ3v) is 5.01. The van der Waals surface area contributed by atoms with Crippen molar-refractivity contribution in [3.05, 3.63) is 11.7 Å². The Labute approximate surface area is 222 Å². The molecule has 270 valence electrons. The summed E-state index contributed by atoms with van der Waals surface area (Å²) in [5.74, 6) is -113. The molecule has 45 heavy (non-hydrogen) atoms. The van der Waals surface area contributed by atoms with E-state index in [1.807, 2.05) is 0 Å². The number of rotatable bonds is 11. The van der Waals surface area contributed by atoms with Gasteiger partial charge in [0.15, 0.2) is 0 Å². The van der Waals surface area contributed by atoms with Gasteiger partial charge < -0.3 is 0 Å². The normalized spacial score (nSPS) is 17.5.